The van der Waals surface area contributed by atoms with Crippen LogP contribution in [0, 0.1) is 5.92 Å². The molecule has 5 unspecified atom stereocenters. The lowest BCUT2D eigenvalue weighted by Gasteiger charge is -2.26. The second-order valence-corrected chi connectivity index (χ2v) is 7.07. The van der Waals surface area contributed by atoms with Gasteiger partial charge in [-0.2, -0.15) is 0 Å². The number of carboxylic acids is 2. The van der Waals surface area contributed by atoms with Crippen LogP contribution < -0.4 is 21.7 Å². The van der Waals surface area contributed by atoms with Crippen molar-refractivity contribution in [2.75, 3.05) is 6.61 Å². The highest BCUT2D eigenvalue weighted by molar-refractivity contribution is 5.94. The van der Waals surface area contributed by atoms with Crippen LogP contribution in [0.25, 0.3) is 0 Å². The normalized spacial score (nSPS) is 16.0. The molecule has 0 heterocycles. The molecule has 13 heteroatoms. The number of hydrogen-bond acceptors (Lipinski definition) is 8. The zero-order chi connectivity index (χ0) is 23.6. The molecule has 0 saturated heterocycles. The third kappa shape index (κ3) is 9.15. The fraction of sp³-hybridized carbons (Fsp3) is 0.706. The Morgan fingerprint density at radius 2 is 1.40 bits per heavy atom. The van der Waals surface area contributed by atoms with E-state index in [0.717, 1.165) is 6.92 Å². The molecule has 0 saturated carbocycles. The van der Waals surface area contributed by atoms with Gasteiger partial charge in [0.1, 0.15) is 18.1 Å². The molecule has 30 heavy (non-hydrogen) atoms. The molecule has 172 valence electrons. The Labute approximate surface area is 173 Å². The maximum absolute atomic E-state index is 12.6. The van der Waals surface area contributed by atoms with E-state index in [0.29, 0.717) is 0 Å². The molecule has 0 aromatic heterocycles. The van der Waals surface area contributed by atoms with Gasteiger partial charge in [0, 0.05) is 6.42 Å². The van der Waals surface area contributed by atoms with E-state index in [-0.39, 0.29) is 12.3 Å². The van der Waals surface area contributed by atoms with Gasteiger partial charge >= 0.3 is 11.9 Å². The highest BCUT2D eigenvalue weighted by atomic mass is 16.4. The van der Waals surface area contributed by atoms with Crippen molar-refractivity contribution < 1.29 is 44.4 Å². The average Bonchev–Trinajstić information content (AvgIpc) is 2.65. The molecule has 0 aliphatic carbocycles. The summed E-state index contributed by atoms with van der Waals surface area (Å²) in [7, 11) is 0. The molecule has 5 atom stereocenters. The van der Waals surface area contributed by atoms with Crippen LogP contribution in [0.4, 0.5) is 0 Å². The number of rotatable bonds is 13. The number of aliphatic hydroxyl groups excluding tert-OH is 2. The first-order valence-electron chi connectivity index (χ1n) is 9.22. The smallest absolute Gasteiger partial charge is 0.328 e. The number of carbonyl (C=O) groups excluding carboxylic acids is 3. The fourth-order valence-electron chi connectivity index (χ4n) is 2.21. The van der Waals surface area contributed by atoms with Gasteiger partial charge in [-0.05, 0) is 19.3 Å². The number of carbonyl (C=O) groups is 5. The Hall–Kier alpha value is -2.77. The number of aliphatic carboxylic acids is 2. The molecule has 0 spiro atoms. The molecule has 9 N–H and O–H groups in total. The lowest BCUT2D eigenvalue weighted by atomic mass is 10.0. The second-order valence-electron chi connectivity index (χ2n) is 7.07. The second kappa shape index (κ2) is 12.7. The summed E-state index contributed by atoms with van der Waals surface area (Å²) in [6, 6.07) is -5.64. The number of aliphatic hydroxyl groups is 2. The number of hydrogen-bond donors (Lipinski definition) is 8. The molecule has 0 rings (SSSR count). The Morgan fingerprint density at radius 1 is 0.867 bits per heavy atom. The number of carboxylic acid groups (broad SMARTS) is 2. The van der Waals surface area contributed by atoms with Gasteiger partial charge in [-0.15, -0.1) is 0 Å². The summed E-state index contributed by atoms with van der Waals surface area (Å²) in [6.45, 7) is 3.57. The van der Waals surface area contributed by atoms with Gasteiger partial charge in [0.2, 0.25) is 17.7 Å². The van der Waals surface area contributed by atoms with Crippen LogP contribution in [0.5, 0.6) is 0 Å². The van der Waals surface area contributed by atoms with Crippen molar-refractivity contribution in [2.24, 2.45) is 11.7 Å². The molecule has 13 nitrogen and oxygen atoms in total. The van der Waals surface area contributed by atoms with Gasteiger partial charge in [-0.1, -0.05) is 13.8 Å². The molecule has 0 aliphatic rings. The molecule has 0 aromatic carbocycles. The van der Waals surface area contributed by atoms with Crippen molar-refractivity contribution in [1.29, 1.82) is 0 Å². The predicted molar refractivity (Wildman–Crippen MR) is 102 cm³/mol. The van der Waals surface area contributed by atoms with Crippen molar-refractivity contribution in [2.45, 2.75) is 63.9 Å². The third-order valence-electron chi connectivity index (χ3n) is 4.16. The summed E-state index contributed by atoms with van der Waals surface area (Å²) in [4.78, 5) is 58.8. The first kappa shape index (κ1) is 27.2. The Kier molecular flexibility index (Phi) is 11.5. The van der Waals surface area contributed by atoms with E-state index in [9.17, 15) is 29.1 Å². The van der Waals surface area contributed by atoms with Gasteiger partial charge in [0.05, 0.1) is 18.8 Å². The third-order valence-corrected chi connectivity index (χ3v) is 4.16. The zero-order valence-electron chi connectivity index (χ0n) is 17.0. The Balaban J connectivity index is 5.41. The number of amides is 3. The van der Waals surface area contributed by atoms with Crippen LogP contribution in [-0.4, -0.2) is 87.0 Å². The van der Waals surface area contributed by atoms with Crippen molar-refractivity contribution in [3.63, 3.8) is 0 Å². The van der Waals surface area contributed by atoms with Gasteiger partial charge in [-0.3, -0.25) is 19.2 Å². The highest BCUT2D eigenvalue weighted by Gasteiger charge is 2.33. The van der Waals surface area contributed by atoms with Gasteiger partial charge in [-0.25, -0.2) is 4.79 Å². The molecular formula is C17H30N4O9. The van der Waals surface area contributed by atoms with Crippen molar-refractivity contribution >= 4 is 29.7 Å². The molecular weight excluding hydrogens is 404 g/mol. The minimum absolute atomic E-state index is 0.268. The fourth-order valence-corrected chi connectivity index (χ4v) is 2.21. The molecule has 3 amide bonds. The number of nitrogens with two attached hydrogens (primary N) is 1. The van der Waals surface area contributed by atoms with Crippen LogP contribution in [0.1, 0.15) is 33.6 Å². The van der Waals surface area contributed by atoms with E-state index in [4.69, 9.17) is 21.1 Å². The zero-order valence-corrected chi connectivity index (χ0v) is 17.0. The lowest BCUT2D eigenvalue weighted by Crippen LogP contribution is -2.60. The lowest BCUT2D eigenvalue weighted by molar-refractivity contribution is -0.144. The quantitative estimate of drug-likeness (QED) is 0.144. The summed E-state index contributed by atoms with van der Waals surface area (Å²) >= 11 is 0. The van der Waals surface area contributed by atoms with E-state index >= 15 is 0 Å². The molecule has 0 fully saturated rings. The maximum atomic E-state index is 12.6. The number of nitrogens with one attached hydrogen (secondary N) is 3. The van der Waals surface area contributed by atoms with E-state index < -0.39 is 73.0 Å². The van der Waals surface area contributed by atoms with Crippen LogP contribution in [0.15, 0.2) is 0 Å². The first-order chi connectivity index (χ1) is 13.8. The van der Waals surface area contributed by atoms with Crippen molar-refractivity contribution in [3.8, 4) is 0 Å². The topological polar surface area (TPSA) is 228 Å². The van der Waals surface area contributed by atoms with Crippen LogP contribution in [-0.2, 0) is 24.0 Å². The monoisotopic (exact) mass is 434 g/mol. The maximum Gasteiger partial charge on any atom is 0.328 e. The van der Waals surface area contributed by atoms with E-state index in [1.165, 1.54) is 0 Å². The molecule has 0 bridgehead atoms. The van der Waals surface area contributed by atoms with Gasteiger partial charge < -0.3 is 42.1 Å². The summed E-state index contributed by atoms with van der Waals surface area (Å²) in [5.41, 5.74) is 5.72. The summed E-state index contributed by atoms with van der Waals surface area (Å²) < 4.78 is 0. The van der Waals surface area contributed by atoms with E-state index in [1.54, 1.807) is 13.8 Å². The summed E-state index contributed by atoms with van der Waals surface area (Å²) in [5, 5.41) is 43.0. The van der Waals surface area contributed by atoms with Crippen molar-refractivity contribution in [3.05, 3.63) is 0 Å². The van der Waals surface area contributed by atoms with Crippen LogP contribution in [0.3, 0.4) is 0 Å². The largest absolute Gasteiger partial charge is 0.481 e. The van der Waals surface area contributed by atoms with Crippen molar-refractivity contribution in [1.82, 2.24) is 16.0 Å². The van der Waals surface area contributed by atoms with Gasteiger partial charge in [0.25, 0.3) is 0 Å². The molecule has 0 radical (unpaired) electrons. The summed E-state index contributed by atoms with van der Waals surface area (Å²) in [6.07, 6.45) is -2.28. The molecule has 0 aromatic rings. The van der Waals surface area contributed by atoms with Gasteiger partial charge in [0.15, 0.2) is 0 Å². The summed E-state index contributed by atoms with van der Waals surface area (Å²) in [5.74, 6) is -5.81. The van der Waals surface area contributed by atoms with E-state index in [1.807, 2.05) is 5.32 Å². The molecule has 0 aliphatic heterocycles. The SMILES string of the molecule is CC(C)C(N)C(=O)NC(CCC(=O)O)C(=O)NC(C(=O)NC(CO)C(=O)O)C(C)O. The Bertz CT molecular complexity index is 639. The van der Waals surface area contributed by atoms with Crippen LogP contribution >= 0.6 is 0 Å². The standard InChI is InChI=1S/C17H30N4O9/c1-7(2)12(18)15(27)19-9(4-5-11(24)25)14(26)21-13(8(3)23)16(28)20-10(6-22)17(29)30/h7-10,12-13,22-23H,4-6,18H2,1-3H3,(H,19,27)(H,20,28)(H,21,26)(H,24,25)(H,29,30). The van der Waals surface area contributed by atoms with E-state index in [2.05, 4.69) is 10.6 Å². The van der Waals surface area contributed by atoms with Crippen LogP contribution in [0.2, 0.25) is 0 Å². The highest BCUT2D eigenvalue weighted by Crippen LogP contribution is 2.04. The average molecular weight is 434 g/mol. The Morgan fingerprint density at radius 3 is 1.80 bits per heavy atom. The first-order valence-corrected chi connectivity index (χ1v) is 9.22. The predicted octanol–water partition coefficient (Wildman–Crippen LogP) is -3.25. The minimum atomic E-state index is -1.66. The minimum Gasteiger partial charge on any atom is -0.481 e.